The van der Waals surface area contributed by atoms with E-state index < -0.39 is 5.79 Å². The molecule has 0 heterocycles. The smallest absolute Gasteiger partial charge is 0.373 e. The Kier molecular flexibility index (Phi) is 70.9. The molecule has 11 nitrogen and oxygen atoms in total. The number of hydrogen-bond donors (Lipinski definition) is 2. The Labute approximate surface area is 396 Å². The van der Waals surface area contributed by atoms with Crippen molar-refractivity contribution in [2.45, 2.75) is 252 Å². The Hall–Kier alpha value is -2.87. The zero-order valence-corrected chi connectivity index (χ0v) is 45.3. The SMILES string of the molecule is CC(C)CCCC(C)C.CCC(C)(OC=O)OCCCC(C)C.CCCCC(C)C.CCCCCC(C)C.CCCNC(=O)CC(CCCC(C)C)C(=O)NCCC.O=C=O.O=C=O. The second kappa shape index (κ2) is 60.1. The van der Waals surface area contributed by atoms with Crippen LogP contribution >= 0.6 is 0 Å². The first-order valence-corrected chi connectivity index (χ1v) is 25.3. The molecular formula is C53H108N2O9. The molecule has 2 amide bonds. The van der Waals surface area contributed by atoms with Gasteiger partial charge in [0.15, 0.2) is 0 Å². The monoisotopic (exact) mass is 917 g/mol. The van der Waals surface area contributed by atoms with E-state index in [-0.39, 0.29) is 30.0 Å². The highest BCUT2D eigenvalue weighted by Crippen LogP contribution is 2.18. The summed E-state index contributed by atoms with van der Waals surface area (Å²) < 4.78 is 10.4. The predicted molar refractivity (Wildman–Crippen MR) is 266 cm³/mol. The first-order valence-electron chi connectivity index (χ1n) is 25.3. The van der Waals surface area contributed by atoms with Gasteiger partial charge in [-0.3, -0.25) is 14.4 Å². The quantitative estimate of drug-likeness (QED) is 0.0406. The third-order valence-corrected chi connectivity index (χ3v) is 9.61. The zero-order chi connectivity index (χ0) is 51.2. The van der Waals surface area contributed by atoms with E-state index in [0.29, 0.717) is 50.8 Å². The zero-order valence-electron chi connectivity index (χ0n) is 45.3. The van der Waals surface area contributed by atoms with Gasteiger partial charge in [-0.2, -0.15) is 19.2 Å². The van der Waals surface area contributed by atoms with Crippen molar-refractivity contribution in [3.63, 3.8) is 0 Å². The fraction of sp³-hybridized carbons (Fsp3) is 0.906. The number of amides is 2. The summed E-state index contributed by atoms with van der Waals surface area (Å²) in [7, 11) is 0. The maximum Gasteiger partial charge on any atom is 0.373 e. The van der Waals surface area contributed by atoms with Gasteiger partial charge in [0, 0.05) is 38.8 Å². The van der Waals surface area contributed by atoms with Gasteiger partial charge in [0.1, 0.15) is 0 Å². The van der Waals surface area contributed by atoms with E-state index in [1.807, 2.05) is 20.8 Å². The molecule has 0 fully saturated rings. The summed E-state index contributed by atoms with van der Waals surface area (Å²) in [6.45, 7) is 41.8. The van der Waals surface area contributed by atoms with Gasteiger partial charge in [-0.1, -0.05) is 195 Å². The van der Waals surface area contributed by atoms with E-state index in [0.717, 1.165) is 68.6 Å². The van der Waals surface area contributed by atoms with Crippen LogP contribution in [0.5, 0.6) is 0 Å². The lowest BCUT2D eigenvalue weighted by atomic mass is 9.94. The highest BCUT2D eigenvalue weighted by molar-refractivity contribution is 5.85. The first kappa shape index (κ1) is 75.4. The van der Waals surface area contributed by atoms with Gasteiger partial charge in [0.2, 0.25) is 17.6 Å². The molecule has 0 spiro atoms. The molecule has 0 aliphatic rings. The molecule has 0 aromatic carbocycles. The minimum atomic E-state index is -0.737. The molecule has 0 aromatic rings. The second-order valence-corrected chi connectivity index (χ2v) is 19.3. The van der Waals surface area contributed by atoms with E-state index in [4.69, 9.17) is 28.7 Å². The van der Waals surface area contributed by atoms with Gasteiger partial charge in [-0.05, 0) is 67.6 Å². The molecule has 0 bridgehead atoms. The molecule has 0 aliphatic heterocycles. The summed E-state index contributed by atoms with van der Waals surface area (Å²) in [6.07, 6.45) is 22.4. The van der Waals surface area contributed by atoms with Gasteiger partial charge in [-0.15, -0.1) is 0 Å². The fourth-order valence-corrected chi connectivity index (χ4v) is 5.50. The highest BCUT2D eigenvalue weighted by Gasteiger charge is 2.23. The van der Waals surface area contributed by atoms with Gasteiger partial charge < -0.3 is 20.1 Å². The van der Waals surface area contributed by atoms with Gasteiger partial charge >= 0.3 is 12.3 Å². The molecule has 2 N–H and O–H groups in total. The number of carbonyl (C=O) groups excluding carboxylic acids is 7. The van der Waals surface area contributed by atoms with E-state index >= 15 is 0 Å². The molecule has 2 unspecified atom stereocenters. The van der Waals surface area contributed by atoms with Crippen molar-refractivity contribution in [1.29, 1.82) is 0 Å². The number of ether oxygens (including phenoxy) is 2. The molecule has 384 valence electrons. The summed E-state index contributed by atoms with van der Waals surface area (Å²) in [6, 6.07) is 0. The predicted octanol–water partition coefficient (Wildman–Crippen LogP) is 14.0. The second-order valence-electron chi connectivity index (χ2n) is 19.3. The number of carbonyl (C=O) groups is 3. The normalized spacial score (nSPS) is 11.4. The molecule has 0 saturated carbocycles. The largest absolute Gasteiger partial charge is 0.436 e. The Morgan fingerprint density at radius 3 is 1.22 bits per heavy atom. The van der Waals surface area contributed by atoms with Crippen LogP contribution in [0.3, 0.4) is 0 Å². The number of hydrogen-bond acceptors (Lipinski definition) is 9. The minimum Gasteiger partial charge on any atom is -0.436 e. The van der Waals surface area contributed by atoms with Crippen LogP contribution in [0.2, 0.25) is 0 Å². The Morgan fingerprint density at radius 2 is 0.875 bits per heavy atom. The van der Waals surface area contributed by atoms with E-state index in [2.05, 4.69) is 108 Å². The number of nitrogens with one attached hydrogen (secondary N) is 2. The molecular weight excluding hydrogens is 809 g/mol. The Bertz CT molecular complexity index is 999. The van der Waals surface area contributed by atoms with Crippen LogP contribution < -0.4 is 10.6 Å². The molecule has 2 atom stereocenters. The average molecular weight is 917 g/mol. The van der Waals surface area contributed by atoms with Crippen molar-refractivity contribution in [2.75, 3.05) is 19.7 Å². The van der Waals surface area contributed by atoms with Crippen molar-refractivity contribution in [2.24, 2.45) is 41.4 Å². The van der Waals surface area contributed by atoms with Crippen LogP contribution in [-0.4, -0.2) is 56.1 Å². The van der Waals surface area contributed by atoms with Crippen LogP contribution in [0.1, 0.15) is 247 Å². The van der Waals surface area contributed by atoms with Crippen molar-refractivity contribution >= 4 is 30.6 Å². The van der Waals surface area contributed by atoms with Crippen molar-refractivity contribution < 1.29 is 43.0 Å². The summed E-state index contributed by atoms with van der Waals surface area (Å²) >= 11 is 0. The van der Waals surface area contributed by atoms with Crippen LogP contribution in [0.25, 0.3) is 0 Å². The molecule has 0 rings (SSSR count). The third kappa shape index (κ3) is 82.8. The van der Waals surface area contributed by atoms with Crippen LogP contribution in [0.4, 0.5) is 0 Å². The lowest BCUT2D eigenvalue weighted by Crippen LogP contribution is -2.35. The first-order chi connectivity index (χ1) is 30.0. The standard InChI is InChI=1S/C16H32N2O2.C11H22O3.C9H20.C8H18.C7H16.2CO2/c1-5-10-17-15(19)12-14(9-7-8-13(3)4)16(20)18-11-6-2;1-5-11(4,14-9-12)13-8-6-7-10(2)3;1-8(2)6-5-7-9(3)4;1-4-5-6-7-8(2)3;1-4-5-6-7(2)3;2*2-1-3/h13-14H,5-12H2,1-4H3,(H,17,19)(H,18,20);9-10H,5-8H2,1-4H3;8-9H,5-7H2,1-4H3;8H,4-7H2,1-3H3;7H,4-6H2,1-3H3;;. The maximum absolute atomic E-state index is 12.1. The molecule has 0 aliphatic carbocycles. The molecule has 0 radical (unpaired) electrons. The highest BCUT2D eigenvalue weighted by atomic mass is 16.7. The Morgan fingerprint density at radius 1 is 0.516 bits per heavy atom. The fourth-order valence-electron chi connectivity index (χ4n) is 5.50. The number of rotatable bonds is 30. The topological polar surface area (TPSA) is 162 Å². The van der Waals surface area contributed by atoms with Crippen LogP contribution in [0, 0.1) is 41.4 Å². The van der Waals surface area contributed by atoms with E-state index in [9.17, 15) is 14.4 Å². The third-order valence-electron chi connectivity index (χ3n) is 9.61. The number of unbranched alkanes of at least 4 members (excludes halogenated alkanes) is 3. The molecule has 11 heteroatoms. The van der Waals surface area contributed by atoms with E-state index in [1.165, 1.54) is 64.2 Å². The molecule has 64 heavy (non-hydrogen) atoms. The van der Waals surface area contributed by atoms with Crippen molar-refractivity contribution in [1.82, 2.24) is 10.6 Å². The van der Waals surface area contributed by atoms with Crippen molar-refractivity contribution in [3.05, 3.63) is 0 Å². The minimum absolute atomic E-state index is 0.00644. The van der Waals surface area contributed by atoms with E-state index in [1.54, 1.807) is 6.92 Å². The molecule has 0 aromatic heterocycles. The van der Waals surface area contributed by atoms with Gasteiger partial charge in [0.25, 0.3) is 6.47 Å². The van der Waals surface area contributed by atoms with Gasteiger partial charge in [-0.25, -0.2) is 0 Å². The van der Waals surface area contributed by atoms with Crippen molar-refractivity contribution in [3.8, 4) is 0 Å². The van der Waals surface area contributed by atoms with Gasteiger partial charge in [0.05, 0.1) is 6.61 Å². The Balaban J connectivity index is -0.000000129. The average Bonchev–Trinajstić information content (AvgIpc) is 3.21. The summed E-state index contributed by atoms with van der Waals surface area (Å²) in [5, 5.41) is 5.77. The summed E-state index contributed by atoms with van der Waals surface area (Å²) in [5.74, 6) is 4.03. The lowest BCUT2D eigenvalue weighted by Gasteiger charge is -2.26. The molecule has 0 saturated heterocycles. The maximum atomic E-state index is 12.1. The lowest BCUT2D eigenvalue weighted by molar-refractivity contribution is -0.214. The summed E-state index contributed by atoms with van der Waals surface area (Å²) in [5.41, 5.74) is 0. The van der Waals surface area contributed by atoms with Crippen LogP contribution in [0.15, 0.2) is 0 Å². The van der Waals surface area contributed by atoms with Crippen LogP contribution in [-0.2, 0) is 43.0 Å². The summed E-state index contributed by atoms with van der Waals surface area (Å²) in [4.78, 5) is 66.6.